The van der Waals surface area contributed by atoms with Crippen molar-refractivity contribution < 1.29 is 26.7 Å². The maximum atomic E-state index is 12.9. The lowest BCUT2D eigenvalue weighted by atomic mass is 10.2. The third-order valence-corrected chi connectivity index (χ3v) is 5.15. The molecule has 1 saturated heterocycles. The van der Waals surface area contributed by atoms with Crippen LogP contribution in [0.1, 0.15) is 12.0 Å². The van der Waals surface area contributed by atoms with Crippen LogP contribution in [0.25, 0.3) is 0 Å². The van der Waals surface area contributed by atoms with Crippen LogP contribution in [-0.4, -0.2) is 37.0 Å². The summed E-state index contributed by atoms with van der Waals surface area (Å²) in [6, 6.07) is 2.52. The fourth-order valence-electron chi connectivity index (χ4n) is 2.02. The van der Waals surface area contributed by atoms with Crippen molar-refractivity contribution in [2.24, 2.45) is 0 Å². The smallest absolute Gasteiger partial charge is 0.392 e. The van der Waals surface area contributed by atoms with E-state index in [1.165, 1.54) is 0 Å². The molecule has 0 saturated carbocycles. The Labute approximate surface area is 118 Å². The van der Waals surface area contributed by atoms with E-state index in [-0.39, 0.29) is 24.5 Å². The Hall–Kier alpha value is -0.830. The molecule has 1 aromatic rings. The van der Waals surface area contributed by atoms with Crippen molar-refractivity contribution in [1.82, 2.24) is 4.31 Å². The first-order chi connectivity index (χ1) is 9.12. The number of hydrogen-bond donors (Lipinski definition) is 1. The number of alkyl halides is 3. The van der Waals surface area contributed by atoms with Gasteiger partial charge in [0.2, 0.25) is 10.0 Å². The van der Waals surface area contributed by atoms with Gasteiger partial charge >= 0.3 is 6.18 Å². The summed E-state index contributed by atoms with van der Waals surface area (Å²) >= 11 is 5.51. The standard InChI is InChI=1S/C11H11ClF3NO3S/c12-7-1-2-10(9(5-7)11(13,14)15)20(18,19)16-4-3-8(17)6-16/h1-2,5,8,17H,3-4,6H2/t8-/m0/s1. The van der Waals surface area contributed by atoms with Crippen LogP contribution >= 0.6 is 11.6 Å². The molecule has 1 fully saturated rings. The average molecular weight is 330 g/mol. The van der Waals surface area contributed by atoms with Crippen LogP contribution in [0.3, 0.4) is 0 Å². The van der Waals surface area contributed by atoms with Crippen molar-refractivity contribution in [3.8, 4) is 0 Å². The van der Waals surface area contributed by atoms with E-state index in [1.54, 1.807) is 0 Å². The second-order valence-electron chi connectivity index (χ2n) is 4.44. The van der Waals surface area contributed by atoms with E-state index < -0.39 is 32.8 Å². The zero-order valence-electron chi connectivity index (χ0n) is 10.1. The molecule has 1 atom stereocenters. The van der Waals surface area contributed by atoms with E-state index in [1.807, 2.05) is 0 Å². The molecule has 0 spiro atoms. The van der Waals surface area contributed by atoms with E-state index in [2.05, 4.69) is 0 Å². The van der Waals surface area contributed by atoms with Crippen LogP contribution in [-0.2, 0) is 16.2 Å². The zero-order valence-corrected chi connectivity index (χ0v) is 11.6. The zero-order chi connectivity index (χ0) is 15.1. The lowest BCUT2D eigenvalue weighted by Gasteiger charge is -2.19. The molecule has 1 aliphatic heterocycles. The van der Waals surface area contributed by atoms with Crippen LogP contribution in [0.5, 0.6) is 0 Å². The van der Waals surface area contributed by atoms with E-state index in [4.69, 9.17) is 11.6 Å². The van der Waals surface area contributed by atoms with Gasteiger partial charge in [-0.3, -0.25) is 0 Å². The monoisotopic (exact) mass is 329 g/mol. The second kappa shape index (κ2) is 5.18. The highest BCUT2D eigenvalue weighted by atomic mass is 35.5. The minimum atomic E-state index is -4.83. The Morgan fingerprint density at radius 3 is 2.50 bits per heavy atom. The molecule has 0 bridgehead atoms. The average Bonchev–Trinajstić information content (AvgIpc) is 2.75. The Bertz CT molecular complexity index is 618. The first kappa shape index (κ1) is 15.6. The second-order valence-corrected chi connectivity index (χ2v) is 6.79. The fourth-order valence-corrected chi connectivity index (χ4v) is 3.87. The Morgan fingerprint density at radius 2 is 2.00 bits per heavy atom. The van der Waals surface area contributed by atoms with E-state index in [0.29, 0.717) is 6.07 Å². The molecular formula is C11H11ClF3NO3S. The summed E-state index contributed by atoms with van der Waals surface area (Å²) in [6.07, 6.45) is -5.48. The van der Waals surface area contributed by atoms with Crippen LogP contribution in [0.4, 0.5) is 13.2 Å². The SMILES string of the molecule is O=S(=O)(c1ccc(Cl)cc1C(F)(F)F)N1CC[C@H](O)C1. The number of β-amino-alcohol motifs (C(OH)–C–C–N with tert-alkyl or cyclic N) is 1. The van der Waals surface area contributed by atoms with Gasteiger partial charge in [0.25, 0.3) is 0 Å². The lowest BCUT2D eigenvalue weighted by Crippen LogP contribution is -2.31. The minimum Gasteiger partial charge on any atom is -0.392 e. The minimum absolute atomic E-state index is 0.0105. The summed E-state index contributed by atoms with van der Waals surface area (Å²) in [7, 11) is -4.31. The van der Waals surface area contributed by atoms with Crippen molar-refractivity contribution in [2.75, 3.05) is 13.1 Å². The number of aliphatic hydroxyl groups excluding tert-OH is 1. The summed E-state index contributed by atoms with van der Waals surface area (Å²) in [5, 5.41) is 9.14. The number of halogens is 4. The van der Waals surface area contributed by atoms with Gasteiger partial charge in [-0.1, -0.05) is 11.6 Å². The molecule has 4 nitrogen and oxygen atoms in total. The number of rotatable bonds is 2. The molecule has 0 radical (unpaired) electrons. The predicted molar refractivity (Wildman–Crippen MR) is 65.8 cm³/mol. The molecule has 112 valence electrons. The molecule has 1 heterocycles. The highest BCUT2D eigenvalue weighted by Gasteiger charge is 2.40. The van der Waals surface area contributed by atoms with Gasteiger partial charge in [-0.05, 0) is 24.6 Å². The van der Waals surface area contributed by atoms with Gasteiger partial charge in [0, 0.05) is 18.1 Å². The molecule has 1 aliphatic rings. The van der Waals surface area contributed by atoms with Gasteiger partial charge in [0.05, 0.1) is 16.6 Å². The summed E-state index contributed by atoms with van der Waals surface area (Å²) in [5.74, 6) is 0. The van der Waals surface area contributed by atoms with Crippen LogP contribution in [0.15, 0.2) is 23.1 Å². The lowest BCUT2D eigenvalue weighted by molar-refractivity contribution is -0.139. The summed E-state index contributed by atoms with van der Waals surface area (Å²) in [5.41, 5.74) is -1.30. The molecule has 0 amide bonds. The molecule has 2 rings (SSSR count). The Morgan fingerprint density at radius 1 is 1.35 bits per heavy atom. The maximum Gasteiger partial charge on any atom is 0.417 e. The molecule has 20 heavy (non-hydrogen) atoms. The number of nitrogens with zero attached hydrogens (tertiary/aromatic N) is 1. The van der Waals surface area contributed by atoms with Crippen molar-refractivity contribution >= 4 is 21.6 Å². The summed E-state index contributed by atoms with van der Waals surface area (Å²) in [6.45, 7) is -0.217. The molecule has 9 heteroatoms. The third-order valence-electron chi connectivity index (χ3n) is 2.99. The molecule has 1 N–H and O–H groups in total. The molecular weight excluding hydrogens is 319 g/mol. The van der Waals surface area contributed by atoms with Gasteiger partial charge < -0.3 is 5.11 Å². The van der Waals surface area contributed by atoms with Gasteiger partial charge in [-0.15, -0.1) is 0 Å². The molecule has 0 aliphatic carbocycles. The number of benzene rings is 1. The number of sulfonamides is 1. The van der Waals surface area contributed by atoms with Gasteiger partial charge in [0.1, 0.15) is 0 Å². The first-order valence-corrected chi connectivity index (χ1v) is 7.49. The molecule has 1 aromatic carbocycles. The van der Waals surface area contributed by atoms with Crippen LogP contribution in [0, 0.1) is 0 Å². The quantitative estimate of drug-likeness (QED) is 0.904. The van der Waals surface area contributed by atoms with Gasteiger partial charge in [-0.25, -0.2) is 8.42 Å². The highest BCUT2D eigenvalue weighted by molar-refractivity contribution is 7.89. The highest BCUT2D eigenvalue weighted by Crippen LogP contribution is 2.37. The maximum absolute atomic E-state index is 12.9. The van der Waals surface area contributed by atoms with E-state index >= 15 is 0 Å². The fraction of sp³-hybridized carbons (Fsp3) is 0.455. The van der Waals surface area contributed by atoms with Crippen molar-refractivity contribution in [3.63, 3.8) is 0 Å². The topological polar surface area (TPSA) is 57.6 Å². The predicted octanol–water partition coefficient (Wildman–Crippen LogP) is 2.11. The number of aliphatic hydroxyl groups is 1. The summed E-state index contributed by atoms with van der Waals surface area (Å²) < 4.78 is 64.1. The summed E-state index contributed by atoms with van der Waals surface area (Å²) in [4.78, 5) is -0.844. The largest absolute Gasteiger partial charge is 0.417 e. The van der Waals surface area contributed by atoms with Gasteiger partial charge in [0.15, 0.2) is 0 Å². The van der Waals surface area contributed by atoms with Crippen molar-refractivity contribution in [2.45, 2.75) is 23.6 Å². The molecule has 0 unspecified atom stereocenters. The number of hydrogen-bond acceptors (Lipinski definition) is 3. The Balaban J connectivity index is 2.52. The normalized spacial score (nSPS) is 21.4. The first-order valence-electron chi connectivity index (χ1n) is 5.67. The van der Waals surface area contributed by atoms with Crippen molar-refractivity contribution in [3.05, 3.63) is 28.8 Å². The van der Waals surface area contributed by atoms with Crippen LogP contribution < -0.4 is 0 Å². The molecule has 0 aromatic heterocycles. The Kier molecular flexibility index (Phi) is 4.03. The third kappa shape index (κ3) is 2.93. The van der Waals surface area contributed by atoms with Crippen molar-refractivity contribution in [1.29, 1.82) is 0 Å². The van der Waals surface area contributed by atoms with Crippen LogP contribution in [0.2, 0.25) is 5.02 Å². The van der Waals surface area contributed by atoms with E-state index in [0.717, 1.165) is 16.4 Å². The van der Waals surface area contributed by atoms with E-state index in [9.17, 15) is 26.7 Å². The van der Waals surface area contributed by atoms with Gasteiger partial charge in [-0.2, -0.15) is 17.5 Å².